The molecule has 0 amide bonds. The van der Waals surface area contributed by atoms with Gasteiger partial charge in [0.05, 0.1) is 10.7 Å². The summed E-state index contributed by atoms with van der Waals surface area (Å²) >= 11 is 1.69. The van der Waals surface area contributed by atoms with E-state index in [1.807, 2.05) is 13.0 Å². The van der Waals surface area contributed by atoms with Gasteiger partial charge in [-0.25, -0.2) is 4.98 Å². The van der Waals surface area contributed by atoms with Gasteiger partial charge in [0.1, 0.15) is 0 Å². The van der Waals surface area contributed by atoms with Crippen LogP contribution >= 0.6 is 11.3 Å². The van der Waals surface area contributed by atoms with Gasteiger partial charge in [0.2, 0.25) is 0 Å². The standard InChI is InChI=1S/C14H19N3S/c1-11-16-14(10-18-11)9-13(17-15)8-7-12-5-3-2-4-6-12/h2-6,10,13,17H,7-9,15H2,1H3. The topological polar surface area (TPSA) is 50.9 Å². The van der Waals surface area contributed by atoms with Crippen LogP contribution in [0.5, 0.6) is 0 Å². The number of thiazole rings is 1. The van der Waals surface area contributed by atoms with E-state index in [2.05, 4.69) is 40.1 Å². The number of benzene rings is 1. The summed E-state index contributed by atoms with van der Waals surface area (Å²) in [6, 6.07) is 10.8. The molecule has 0 spiro atoms. The van der Waals surface area contributed by atoms with Crippen LogP contribution in [-0.2, 0) is 12.8 Å². The highest BCUT2D eigenvalue weighted by Crippen LogP contribution is 2.12. The Balaban J connectivity index is 1.86. The SMILES string of the molecule is Cc1nc(CC(CCc2ccccc2)NN)cs1. The lowest BCUT2D eigenvalue weighted by molar-refractivity contribution is 0.488. The summed E-state index contributed by atoms with van der Waals surface area (Å²) in [6.45, 7) is 2.03. The van der Waals surface area contributed by atoms with Crippen LogP contribution in [0.2, 0.25) is 0 Å². The first-order chi connectivity index (χ1) is 8.78. The molecule has 0 aliphatic rings. The van der Waals surface area contributed by atoms with E-state index in [1.54, 1.807) is 11.3 Å². The molecule has 0 saturated heterocycles. The Morgan fingerprint density at radius 2 is 2.11 bits per heavy atom. The molecular formula is C14H19N3S. The number of hydrogen-bond acceptors (Lipinski definition) is 4. The monoisotopic (exact) mass is 261 g/mol. The number of aryl methyl sites for hydroxylation is 2. The fourth-order valence-electron chi connectivity index (χ4n) is 1.98. The van der Waals surface area contributed by atoms with E-state index >= 15 is 0 Å². The second-order valence-electron chi connectivity index (χ2n) is 4.45. The Hall–Kier alpha value is -1.23. The maximum absolute atomic E-state index is 5.62. The summed E-state index contributed by atoms with van der Waals surface area (Å²) in [5.74, 6) is 5.62. The average molecular weight is 261 g/mol. The van der Waals surface area contributed by atoms with Crippen molar-refractivity contribution in [3.63, 3.8) is 0 Å². The smallest absolute Gasteiger partial charge is 0.0897 e. The summed E-state index contributed by atoms with van der Waals surface area (Å²) in [4.78, 5) is 4.48. The van der Waals surface area contributed by atoms with Crippen LogP contribution in [0, 0.1) is 6.92 Å². The van der Waals surface area contributed by atoms with Gasteiger partial charge < -0.3 is 0 Å². The third-order valence-corrected chi connectivity index (χ3v) is 3.80. The number of rotatable bonds is 6. The zero-order valence-electron chi connectivity index (χ0n) is 10.6. The Labute approximate surface area is 112 Å². The molecule has 0 aliphatic carbocycles. The molecule has 1 heterocycles. The van der Waals surface area contributed by atoms with Crippen LogP contribution in [0.25, 0.3) is 0 Å². The van der Waals surface area contributed by atoms with Crippen molar-refractivity contribution in [2.24, 2.45) is 5.84 Å². The molecule has 1 atom stereocenters. The molecule has 0 saturated carbocycles. The number of hydrogen-bond donors (Lipinski definition) is 2. The van der Waals surface area contributed by atoms with Crippen LogP contribution in [0.1, 0.15) is 22.7 Å². The minimum Gasteiger partial charge on any atom is -0.271 e. The van der Waals surface area contributed by atoms with Crippen LogP contribution in [0.3, 0.4) is 0 Å². The fraction of sp³-hybridized carbons (Fsp3) is 0.357. The van der Waals surface area contributed by atoms with Gasteiger partial charge in [-0.1, -0.05) is 30.3 Å². The van der Waals surface area contributed by atoms with Crippen molar-refractivity contribution >= 4 is 11.3 Å². The van der Waals surface area contributed by atoms with E-state index in [4.69, 9.17) is 5.84 Å². The lowest BCUT2D eigenvalue weighted by atomic mass is 10.0. The molecule has 1 aromatic heterocycles. The van der Waals surface area contributed by atoms with Gasteiger partial charge in [-0.05, 0) is 25.3 Å². The van der Waals surface area contributed by atoms with Crippen molar-refractivity contribution in [3.05, 3.63) is 52.0 Å². The summed E-state index contributed by atoms with van der Waals surface area (Å²) < 4.78 is 0. The summed E-state index contributed by atoms with van der Waals surface area (Å²) in [7, 11) is 0. The molecule has 1 aromatic carbocycles. The van der Waals surface area contributed by atoms with Crippen molar-refractivity contribution in [1.82, 2.24) is 10.4 Å². The molecule has 0 fully saturated rings. The summed E-state index contributed by atoms with van der Waals surface area (Å²) in [5.41, 5.74) is 5.38. The van der Waals surface area contributed by atoms with E-state index < -0.39 is 0 Å². The Kier molecular flexibility index (Phi) is 4.87. The van der Waals surface area contributed by atoms with Gasteiger partial charge >= 0.3 is 0 Å². The Morgan fingerprint density at radius 1 is 1.33 bits per heavy atom. The number of nitrogens with two attached hydrogens (primary N) is 1. The van der Waals surface area contributed by atoms with E-state index in [-0.39, 0.29) is 6.04 Å². The van der Waals surface area contributed by atoms with Crippen LogP contribution < -0.4 is 11.3 Å². The molecule has 18 heavy (non-hydrogen) atoms. The molecule has 2 aromatic rings. The molecule has 0 radical (unpaired) electrons. The first kappa shape index (κ1) is 13.2. The molecule has 1 unspecified atom stereocenters. The van der Waals surface area contributed by atoms with E-state index in [1.165, 1.54) is 5.56 Å². The van der Waals surface area contributed by atoms with Gasteiger partial charge in [-0.3, -0.25) is 11.3 Å². The van der Waals surface area contributed by atoms with Crippen LogP contribution in [0.4, 0.5) is 0 Å². The molecule has 0 aliphatic heterocycles. The Bertz CT molecular complexity index is 467. The van der Waals surface area contributed by atoms with E-state index in [0.717, 1.165) is 30.0 Å². The maximum Gasteiger partial charge on any atom is 0.0897 e. The van der Waals surface area contributed by atoms with Crippen molar-refractivity contribution in [2.45, 2.75) is 32.2 Å². The molecule has 96 valence electrons. The maximum atomic E-state index is 5.62. The van der Waals surface area contributed by atoms with Gasteiger partial charge in [0.15, 0.2) is 0 Å². The largest absolute Gasteiger partial charge is 0.271 e. The molecule has 3 nitrogen and oxygen atoms in total. The van der Waals surface area contributed by atoms with Gasteiger partial charge in [0.25, 0.3) is 0 Å². The normalized spacial score (nSPS) is 12.6. The van der Waals surface area contributed by atoms with Gasteiger partial charge in [-0.2, -0.15) is 0 Å². The van der Waals surface area contributed by atoms with E-state index in [0.29, 0.717) is 0 Å². The molecule has 0 bridgehead atoms. The number of hydrazine groups is 1. The van der Waals surface area contributed by atoms with Crippen molar-refractivity contribution in [2.75, 3.05) is 0 Å². The fourth-order valence-corrected chi connectivity index (χ4v) is 2.61. The highest BCUT2D eigenvalue weighted by atomic mass is 32.1. The number of nitrogens with zero attached hydrogens (tertiary/aromatic N) is 1. The summed E-state index contributed by atoms with van der Waals surface area (Å²) in [6.07, 6.45) is 2.96. The third-order valence-electron chi connectivity index (χ3n) is 2.98. The lowest BCUT2D eigenvalue weighted by Gasteiger charge is -2.14. The summed E-state index contributed by atoms with van der Waals surface area (Å²) in [5, 5.41) is 3.23. The molecule has 2 rings (SSSR count). The molecule has 3 N–H and O–H groups in total. The highest BCUT2D eigenvalue weighted by molar-refractivity contribution is 7.09. The first-order valence-electron chi connectivity index (χ1n) is 6.19. The number of aromatic nitrogens is 1. The predicted octanol–water partition coefficient (Wildman–Crippen LogP) is 2.46. The first-order valence-corrected chi connectivity index (χ1v) is 7.07. The lowest BCUT2D eigenvalue weighted by Crippen LogP contribution is -2.37. The predicted molar refractivity (Wildman–Crippen MR) is 76.4 cm³/mol. The zero-order chi connectivity index (χ0) is 12.8. The Morgan fingerprint density at radius 3 is 2.72 bits per heavy atom. The van der Waals surface area contributed by atoms with Crippen molar-refractivity contribution in [3.8, 4) is 0 Å². The van der Waals surface area contributed by atoms with Crippen molar-refractivity contribution in [1.29, 1.82) is 0 Å². The minimum atomic E-state index is 0.284. The second-order valence-corrected chi connectivity index (χ2v) is 5.51. The highest BCUT2D eigenvalue weighted by Gasteiger charge is 2.10. The molecular weight excluding hydrogens is 242 g/mol. The van der Waals surface area contributed by atoms with Gasteiger partial charge in [-0.15, -0.1) is 11.3 Å². The van der Waals surface area contributed by atoms with Crippen LogP contribution in [-0.4, -0.2) is 11.0 Å². The van der Waals surface area contributed by atoms with Crippen molar-refractivity contribution < 1.29 is 0 Å². The van der Waals surface area contributed by atoms with Crippen LogP contribution in [0.15, 0.2) is 35.7 Å². The second kappa shape index (κ2) is 6.64. The minimum absolute atomic E-state index is 0.284. The van der Waals surface area contributed by atoms with Gasteiger partial charge in [0, 0.05) is 17.8 Å². The third kappa shape index (κ3) is 3.91. The number of nitrogens with one attached hydrogen (secondary N) is 1. The van der Waals surface area contributed by atoms with E-state index in [9.17, 15) is 0 Å². The average Bonchev–Trinajstić information content (AvgIpc) is 2.81. The molecule has 4 heteroatoms. The quantitative estimate of drug-likeness (QED) is 0.620. The zero-order valence-corrected chi connectivity index (χ0v) is 11.4.